The van der Waals surface area contributed by atoms with Crippen molar-refractivity contribution in [3.63, 3.8) is 0 Å². The Morgan fingerprint density at radius 2 is 2.50 bits per heavy atom. The maximum Gasteiger partial charge on any atom is 0.314 e. The van der Waals surface area contributed by atoms with Crippen molar-refractivity contribution in [3.05, 3.63) is 12.7 Å². The molecule has 0 aromatic carbocycles. The lowest BCUT2D eigenvalue weighted by Crippen LogP contribution is -2.36. The van der Waals surface area contributed by atoms with Gasteiger partial charge in [-0.2, -0.15) is 0 Å². The minimum atomic E-state index is -1.03. The first kappa shape index (κ1) is 6.97. The van der Waals surface area contributed by atoms with E-state index in [0.29, 0.717) is 0 Å². The summed E-state index contributed by atoms with van der Waals surface area (Å²) < 4.78 is 0. The maximum atomic E-state index is 9.87. The average molecular weight is 116 g/mol. The van der Waals surface area contributed by atoms with Crippen LogP contribution in [0.25, 0.3) is 0 Å². The fourth-order valence-electron chi connectivity index (χ4n) is 0.205. The first-order valence-electron chi connectivity index (χ1n) is 2.03. The zero-order valence-electron chi connectivity index (χ0n) is 4.29. The van der Waals surface area contributed by atoms with Gasteiger partial charge in [-0.1, -0.05) is 6.58 Å². The van der Waals surface area contributed by atoms with Crippen molar-refractivity contribution in [2.45, 2.75) is 6.23 Å². The van der Waals surface area contributed by atoms with Gasteiger partial charge in [0.25, 0.3) is 0 Å². The van der Waals surface area contributed by atoms with Crippen LogP contribution in [0.15, 0.2) is 12.7 Å². The van der Waals surface area contributed by atoms with E-state index in [1.54, 1.807) is 0 Å². The lowest BCUT2D eigenvalue weighted by molar-refractivity contribution is 0.183. The van der Waals surface area contributed by atoms with Crippen LogP contribution >= 0.6 is 0 Å². The molecule has 1 atom stereocenters. The number of rotatable bonds is 2. The van der Waals surface area contributed by atoms with Crippen molar-refractivity contribution in [1.29, 1.82) is 0 Å². The number of carbonyl (C=O) groups is 1. The van der Waals surface area contributed by atoms with Crippen LogP contribution in [-0.4, -0.2) is 17.4 Å². The van der Waals surface area contributed by atoms with Gasteiger partial charge in [-0.15, -0.1) is 0 Å². The van der Waals surface area contributed by atoms with E-state index in [9.17, 15) is 4.79 Å². The number of aliphatic hydroxyl groups is 1. The molecule has 0 saturated heterocycles. The molecule has 0 fully saturated rings. The normalized spacial score (nSPS) is 12.1. The van der Waals surface area contributed by atoms with Gasteiger partial charge in [0.2, 0.25) is 0 Å². The van der Waals surface area contributed by atoms with Crippen LogP contribution in [-0.2, 0) is 0 Å². The Morgan fingerprint density at radius 1 is 2.00 bits per heavy atom. The van der Waals surface area contributed by atoms with Gasteiger partial charge in [0.05, 0.1) is 0 Å². The zero-order chi connectivity index (χ0) is 6.57. The van der Waals surface area contributed by atoms with Crippen molar-refractivity contribution in [1.82, 2.24) is 5.32 Å². The minimum absolute atomic E-state index is 0.766. The van der Waals surface area contributed by atoms with Crippen LogP contribution in [0.4, 0.5) is 4.79 Å². The summed E-state index contributed by atoms with van der Waals surface area (Å²) >= 11 is 0. The summed E-state index contributed by atoms with van der Waals surface area (Å²) in [5.74, 6) is 0. The summed E-state index contributed by atoms with van der Waals surface area (Å²) in [6.45, 7) is 3.19. The Morgan fingerprint density at radius 3 is 2.62 bits per heavy atom. The Labute approximate surface area is 47.0 Å². The number of primary amides is 1. The summed E-state index contributed by atoms with van der Waals surface area (Å²) in [6.07, 6.45) is 0.123. The van der Waals surface area contributed by atoms with E-state index in [1.807, 2.05) is 5.32 Å². The lowest BCUT2D eigenvalue weighted by atomic mass is 10.5. The molecule has 0 aliphatic heterocycles. The second-order valence-corrected chi connectivity index (χ2v) is 1.19. The fourth-order valence-corrected chi connectivity index (χ4v) is 0.205. The molecule has 0 aliphatic carbocycles. The van der Waals surface area contributed by atoms with Gasteiger partial charge in [0, 0.05) is 0 Å². The van der Waals surface area contributed by atoms with E-state index in [0.717, 1.165) is 6.08 Å². The Kier molecular flexibility index (Phi) is 2.64. The number of hydrogen-bond donors (Lipinski definition) is 3. The highest BCUT2D eigenvalue weighted by atomic mass is 16.3. The molecule has 0 spiro atoms. The van der Waals surface area contributed by atoms with E-state index in [2.05, 4.69) is 12.3 Å². The van der Waals surface area contributed by atoms with E-state index in [4.69, 9.17) is 5.11 Å². The molecule has 1 unspecified atom stereocenters. The number of urea groups is 1. The number of hydrogen-bond acceptors (Lipinski definition) is 2. The molecule has 0 aromatic rings. The van der Waals surface area contributed by atoms with Crippen molar-refractivity contribution >= 4 is 6.03 Å². The first-order valence-corrected chi connectivity index (χ1v) is 2.03. The van der Waals surface area contributed by atoms with Crippen molar-refractivity contribution in [2.75, 3.05) is 0 Å². The minimum Gasteiger partial charge on any atom is -0.370 e. The molecule has 0 bridgehead atoms. The third-order valence-corrected chi connectivity index (χ3v) is 0.513. The van der Waals surface area contributed by atoms with E-state index in [1.165, 1.54) is 0 Å². The summed E-state index contributed by atoms with van der Waals surface area (Å²) in [4.78, 5) is 9.87. The number of carbonyl (C=O) groups excluding carboxylic acids is 1. The van der Waals surface area contributed by atoms with Crippen molar-refractivity contribution in [3.8, 4) is 0 Å². The molecule has 4 nitrogen and oxygen atoms in total. The number of amides is 2. The van der Waals surface area contributed by atoms with Crippen molar-refractivity contribution < 1.29 is 9.90 Å². The molecule has 4 N–H and O–H groups in total. The molecule has 2 amide bonds. The molecular weight excluding hydrogens is 108 g/mol. The quantitative estimate of drug-likeness (QED) is 0.325. The van der Waals surface area contributed by atoms with Crippen molar-refractivity contribution in [2.24, 2.45) is 5.73 Å². The van der Waals surface area contributed by atoms with Gasteiger partial charge in [-0.25, -0.2) is 4.79 Å². The Balaban J connectivity index is 3.38. The predicted octanol–water partition coefficient (Wildman–Crippen LogP) is -0.841. The standard InChI is InChI=1S/C4H8N2O2/c1-2-3(7)6-4(5)8/h2-3,7H,1H2,(H3,5,6,8). The molecular formula is C4H8N2O2. The summed E-state index contributed by atoms with van der Waals surface area (Å²) in [6, 6.07) is -0.766. The molecule has 46 valence electrons. The van der Waals surface area contributed by atoms with Gasteiger partial charge in [0.15, 0.2) is 0 Å². The average Bonchev–Trinajstić information content (AvgIpc) is 1.65. The van der Waals surface area contributed by atoms with Gasteiger partial charge < -0.3 is 16.2 Å². The van der Waals surface area contributed by atoms with Crippen LogP contribution in [0.2, 0.25) is 0 Å². The van der Waals surface area contributed by atoms with Gasteiger partial charge >= 0.3 is 6.03 Å². The van der Waals surface area contributed by atoms with Crippen LogP contribution < -0.4 is 11.1 Å². The van der Waals surface area contributed by atoms with E-state index in [-0.39, 0.29) is 0 Å². The highest BCUT2D eigenvalue weighted by Gasteiger charge is 1.96. The summed E-state index contributed by atoms with van der Waals surface area (Å²) in [5, 5.41) is 10.5. The predicted molar refractivity (Wildman–Crippen MR) is 28.9 cm³/mol. The number of nitrogens with one attached hydrogen (secondary N) is 1. The smallest absolute Gasteiger partial charge is 0.314 e. The van der Waals surface area contributed by atoms with Crippen LogP contribution in [0.3, 0.4) is 0 Å². The Hall–Kier alpha value is -1.03. The van der Waals surface area contributed by atoms with Crippen LogP contribution in [0, 0.1) is 0 Å². The van der Waals surface area contributed by atoms with Gasteiger partial charge in [-0.05, 0) is 6.08 Å². The molecule has 0 saturated carbocycles. The number of nitrogens with two attached hydrogens (primary N) is 1. The number of aliphatic hydroxyl groups excluding tert-OH is 1. The maximum absolute atomic E-state index is 9.87. The zero-order valence-corrected chi connectivity index (χ0v) is 4.29. The third kappa shape index (κ3) is 3.17. The topological polar surface area (TPSA) is 75.3 Å². The lowest BCUT2D eigenvalue weighted by Gasteiger charge is -2.02. The molecule has 0 aromatic heterocycles. The summed E-state index contributed by atoms with van der Waals surface area (Å²) in [7, 11) is 0. The molecule has 0 heterocycles. The van der Waals surface area contributed by atoms with Crippen LogP contribution in [0.5, 0.6) is 0 Å². The highest BCUT2D eigenvalue weighted by molar-refractivity contribution is 5.71. The summed E-state index contributed by atoms with van der Waals surface area (Å²) in [5.41, 5.74) is 4.61. The fraction of sp³-hybridized carbons (Fsp3) is 0.250. The van der Waals surface area contributed by atoms with Gasteiger partial charge in [0.1, 0.15) is 6.23 Å². The van der Waals surface area contributed by atoms with E-state index < -0.39 is 12.3 Å². The molecule has 4 heteroatoms. The molecule has 0 rings (SSSR count). The highest BCUT2D eigenvalue weighted by Crippen LogP contribution is 1.72. The van der Waals surface area contributed by atoms with Crippen LogP contribution in [0.1, 0.15) is 0 Å². The molecule has 0 aliphatic rings. The SMILES string of the molecule is C=CC(O)NC(N)=O. The first-order chi connectivity index (χ1) is 3.66. The molecule has 8 heavy (non-hydrogen) atoms. The second kappa shape index (κ2) is 3.04. The van der Waals surface area contributed by atoms with Gasteiger partial charge in [-0.3, -0.25) is 0 Å². The molecule has 0 radical (unpaired) electrons. The monoisotopic (exact) mass is 116 g/mol. The Bertz CT molecular complexity index is 102. The van der Waals surface area contributed by atoms with E-state index >= 15 is 0 Å². The third-order valence-electron chi connectivity index (χ3n) is 0.513. The largest absolute Gasteiger partial charge is 0.370 e. The second-order valence-electron chi connectivity index (χ2n) is 1.19.